The van der Waals surface area contributed by atoms with Crippen LogP contribution in [-0.2, 0) is 6.54 Å². The molecule has 1 heterocycles. The van der Waals surface area contributed by atoms with Gasteiger partial charge in [0.25, 0.3) is 0 Å². The lowest BCUT2D eigenvalue weighted by Crippen LogP contribution is -2.48. The molecule has 23 heavy (non-hydrogen) atoms. The molecule has 1 aliphatic carbocycles. The Balaban J connectivity index is 1.71. The lowest BCUT2D eigenvalue weighted by atomic mass is 9.95. The van der Waals surface area contributed by atoms with Gasteiger partial charge in [-0.25, -0.2) is 4.79 Å². The summed E-state index contributed by atoms with van der Waals surface area (Å²) in [6.45, 7) is 0.515. The number of rotatable bonds is 5. The van der Waals surface area contributed by atoms with Crippen molar-refractivity contribution in [3.05, 3.63) is 29.8 Å². The molecule has 0 unspecified atom stereocenters. The van der Waals surface area contributed by atoms with E-state index in [9.17, 15) is 15.0 Å². The number of ether oxygens (including phenoxy) is 1. The maximum absolute atomic E-state index is 11.6. The molecule has 1 saturated carbocycles. The number of nitrogens with one attached hydrogen (secondary N) is 1. The van der Waals surface area contributed by atoms with E-state index in [1.54, 1.807) is 7.11 Å². The summed E-state index contributed by atoms with van der Waals surface area (Å²) in [4.78, 5) is 13.1. The van der Waals surface area contributed by atoms with Gasteiger partial charge in [0.15, 0.2) is 0 Å². The fraction of sp³-hybridized carbons (Fsp3) is 0.588. The molecule has 0 radical (unpaired) electrons. The predicted molar refractivity (Wildman–Crippen MR) is 85.5 cm³/mol. The van der Waals surface area contributed by atoms with E-state index in [0.717, 1.165) is 30.6 Å². The number of aliphatic hydroxyl groups is 1. The van der Waals surface area contributed by atoms with Crippen molar-refractivity contribution in [3.8, 4) is 5.75 Å². The quantitative estimate of drug-likeness (QED) is 0.769. The first-order valence-corrected chi connectivity index (χ1v) is 8.14. The van der Waals surface area contributed by atoms with E-state index in [2.05, 4.69) is 5.32 Å². The summed E-state index contributed by atoms with van der Waals surface area (Å²) >= 11 is 0. The second kappa shape index (κ2) is 6.76. The first-order valence-electron chi connectivity index (χ1n) is 8.14. The highest BCUT2D eigenvalue weighted by atomic mass is 16.5. The molecule has 0 aromatic heterocycles. The van der Waals surface area contributed by atoms with Crippen LogP contribution in [0.15, 0.2) is 24.3 Å². The molecule has 6 heteroatoms. The maximum atomic E-state index is 11.6. The Morgan fingerprint density at radius 3 is 2.70 bits per heavy atom. The van der Waals surface area contributed by atoms with Crippen LogP contribution in [-0.4, -0.2) is 53.0 Å². The third-order valence-corrected chi connectivity index (χ3v) is 5.23. The Morgan fingerprint density at radius 2 is 2.09 bits per heavy atom. The lowest BCUT2D eigenvalue weighted by molar-refractivity contribution is 0.0936. The van der Waals surface area contributed by atoms with Crippen molar-refractivity contribution in [1.82, 2.24) is 10.2 Å². The third kappa shape index (κ3) is 3.01. The molecule has 1 aliphatic heterocycles. The number of hydrogen-bond acceptors (Lipinski definition) is 4. The van der Waals surface area contributed by atoms with Crippen LogP contribution in [0.2, 0.25) is 0 Å². The number of fused-ring (bicyclic) bond motifs is 1. The van der Waals surface area contributed by atoms with E-state index < -0.39 is 6.09 Å². The van der Waals surface area contributed by atoms with Gasteiger partial charge in [0.05, 0.1) is 19.8 Å². The number of likely N-dealkylation sites (tertiary alicyclic amines) is 1. The summed E-state index contributed by atoms with van der Waals surface area (Å²) in [5.74, 6) is 1.11. The Morgan fingerprint density at radius 1 is 1.35 bits per heavy atom. The highest BCUT2D eigenvalue weighted by Crippen LogP contribution is 2.41. The number of amides is 1. The topological polar surface area (TPSA) is 82.0 Å². The van der Waals surface area contributed by atoms with Crippen LogP contribution in [0.4, 0.5) is 4.79 Å². The number of aliphatic hydroxyl groups excluding tert-OH is 1. The minimum absolute atomic E-state index is 0.00528. The number of benzene rings is 1. The second-order valence-corrected chi connectivity index (χ2v) is 6.36. The first-order chi connectivity index (χ1) is 11.2. The van der Waals surface area contributed by atoms with Gasteiger partial charge in [-0.3, -0.25) is 4.90 Å². The van der Waals surface area contributed by atoms with Crippen LogP contribution >= 0.6 is 0 Å². The van der Waals surface area contributed by atoms with Crippen LogP contribution in [0.1, 0.15) is 24.8 Å². The van der Waals surface area contributed by atoms with E-state index in [-0.39, 0.29) is 24.7 Å². The van der Waals surface area contributed by atoms with Crippen LogP contribution in [0.25, 0.3) is 0 Å². The molecule has 0 spiro atoms. The Labute approximate surface area is 136 Å². The van der Waals surface area contributed by atoms with Gasteiger partial charge in [-0.05, 0) is 36.5 Å². The highest BCUT2D eigenvalue weighted by molar-refractivity contribution is 5.67. The zero-order chi connectivity index (χ0) is 16.4. The summed E-state index contributed by atoms with van der Waals surface area (Å²) in [5.41, 5.74) is 1.12. The fourth-order valence-corrected chi connectivity index (χ4v) is 4.19. The Hall–Kier alpha value is -1.79. The molecule has 1 aromatic carbocycles. The predicted octanol–water partition coefficient (Wildman–Crippen LogP) is 1.68. The third-order valence-electron chi connectivity index (χ3n) is 5.23. The first kappa shape index (κ1) is 16.1. The van der Waals surface area contributed by atoms with Gasteiger partial charge in [0.1, 0.15) is 5.75 Å². The van der Waals surface area contributed by atoms with Crippen LogP contribution in [0, 0.1) is 5.92 Å². The molecular formula is C17H24N2O4. The van der Waals surface area contributed by atoms with E-state index >= 15 is 0 Å². The fourth-order valence-electron chi connectivity index (χ4n) is 4.19. The van der Waals surface area contributed by atoms with Crippen LogP contribution < -0.4 is 10.1 Å². The molecule has 126 valence electrons. The van der Waals surface area contributed by atoms with Crippen molar-refractivity contribution in [3.63, 3.8) is 0 Å². The summed E-state index contributed by atoms with van der Waals surface area (Å²) in [6, 6.07) is 7.50. The second-order valence-electron chi connectivity index (χ2n) is 6.36. The van der Waals surface area contributed by atoms with Gasteiger partial charge in [-0.15, -0.1) is 0 Å². The molecule has 1 aromatic rings. The maximum Gasteiger partial charge on any atom is 0.407 e. The number of nitrogens with zero attached hydrogens (tertiary/aromatic N) is 1. The van der Waals surface area contributed by atoms with E-state index in [1.807, 2.05) is 24.3 Å². The average molecular weight is 320 g/mol. The van der Waals surface area contributed by atoms with Gasteiger partial charge < -0.3 is 20.3 Å². The van der Waals surface area contributed by atoms with E-state index in [0.29, 0.717) is 12.5 Å². The number of methoxy groups -OCH3 is 1. The average Bonchev–Trinajstić information content (AvgIpc) is 3.13. The lowest BCUT2D eigenvalue weighted by Gasteiger charge is -2.28. The van der Waals surface area contributed by atoms with Crippen molar-refractivity contribution >= 4 is 6.09 Å². The largest absolute Gasteiger partial charge is 0.497 e. The zero-order valence-electron chi connectivity index (χ0n) is 13.3. The summed E-state index contributed by atoms with van der Waals surface area (Å²) < 4.78 is 5.15. The molecule has 3 N–H and O–H groups in total. The molecule has 3 rings (SSSR count). The smallest absolute Gasteiger partial charge is 0.407 e. The molecule has 0 bridgehead atoms. The summed E-state index contributed by atoms with van der Waals surface area (Å²) in [7, 11) is 1.64. The zero-order valence-corrected chi connectivity index (χ0v) is 13.3. The number of carbonyl (C=O) groups is 1. The van der Waals surface area contributed by atoms with Gasteiger partial charge in [0.2, 0.25) is 0 Å². The van der Waals surface area contributed by atoms with Crippen molar-refractivity contribution < 1.29 is 19.7 Å². The molecule has 2 aliphatic rings. The van der Waals surface area contributed by atoms with Gasteiger partial charge in [-0.2, -0.15) is 0 Å². The van der Waals surface area contributed by atoms with Crippen LogP contribution in [0.3, 0.4) is 0 Å². The SMILES string of the molecule is COc1ccc(CN[C@H]2[C@H]3CCC[C@H]3N(C(=O)O)[C@H]2CO)cc1. The van der Waals surface area contributed by atoms with Gasteiger partial charge in [0, 0.05) is 18.6 Å². The monoisotopic (exact) mass is 320 g/mol. The molecule has 2 fully saturated rings. The van der Waals surface area contributed by atoms with Crippen molar-refractivity contribution in [2.45, 2.75) is 43.9 Å². The van der Waals surface area contributed by atoms with Gasteiger partial charge in [-0.1, -0.05) is 18.6 Å². The normalized spacial score (nSPS) is 29.6. The Kier molecular flexibility index (Phi) is 4.73. The van der Waals surface area contributed by atoms with E-state index in [1.165, 1.54) is 4.90 Å². The number of carboxylic acid groups (broad SMARTS) is 1. The van der Waals surface area contributed by atoms with Crippen molar-refractivity contribution in [1.29, 1.82) is 0 Å². The molecular weight excluding hydrogens is 296 g/mol. The van der Waals surface area contributed by atoms with E-state index in [4.69, 9.17) is 4.74 Å². The van der Waals surface area contributed by atoms with Crippen molar-refractivity contribution in [2.24, 2.45) is 5.92 Å². The summed E-state index contributed by atoms with van der Waals surface area (Å²) in [6.07, 6.45) is 2.05. The standard InChI is InChI=1S/C17H24N2O4/c1-23-12-7-5-11(6-8-12)9-18-16-13-3-2-4-14(13)19(17(21)22)15(16)10-20/h5-8,13-16,18,20H,2-4,9-10H2,1H3,(H,21,22)/t13-,14+,15-,16-/m0/s1. The number of hydrogen-bond donors (Lipinski definition) is 3. The Bertz CT molecular complexity index is 548. The minimum Gasteiger partial charge on any atom is -0.497 e. The van der Waals surface area contributed by atoms with Crippen LogP contribution in [0.5, 0.6) is 5.75 Å². The molecule has 6 nitrogen and oxygen atoms in total. The highest BCUT2D eigenvalue weighted by Gasteiger charge is 2.52. The molecule has 1 saturated heterocycles. The molecule has 4 atom stereocenters. The van der Waals surface area contributed by atoms with Gasteiger partial charge >= 0.3 is 6.09 Å². The van der Waals surface area contributed by atoms with Crippen molar-refractivity contribution in [2.75, 3.05) is 13.7 Å². The molecule has 1 amide bonds. The summed E-state index contributed by atoms with van der Waals surface area (Å²) in [5, 5.41) is 22.7. The minimum atomic E-state index is -0.922.